The van der Waals surface area contributed by atoms with Gasteiger partial charge >= 0.3 is 0 Å². The van der Waals surface area contributed by atoms with Crippen molar-refractivity contribution in [3.63, 3.8) is 0 Å². The van der Waals surface area contributed by atoms with Crippen LogP contribution in [-0.2, 0) is 6.42 Å². The van der Waals surface area contributed by atoms with Crippen LogP contribution in [0.25, 0.3) is 0 Å². The van der Waals surface area contributed by atoms with Crippen LogP contribution in [-0.4, -0.2) is 10.9 Å². The molecule has 0 aliphatic heterocycles. The van der Waals surface area contributed by atoms with Crippen LogP contribution in [0.4, 0.5) is 16.5 Å². The Kier molecular flexibility index (Phi) is 5.14. The molecular formula is C20H21N3OS. The van der Waals surface area contributed by atoms with E-state index in [9.17, 15) is 4.79 Å². The maximum absolute atomic E-state index is 12.7. The van der Waals surface area contributed by atoms with Crippen molar-refractivity contribution < 1.29 is 4.79 Å². The number of nitrogens with zero attached hydrogens (tertiary/aromatic N) is 1. The minimum Gasteiger partial charge on any atom is -0.332 e. The highest BCUT2D eigenvalue weighted by Gasteiger charge is 2.16. The summed E-state index contributed by atoms with van der Waals surface area (Å²) in [5, 5.41) is 7.00. The molecule has 4 nitrogen and oxygen atoms in total. The van der Waals surface area contributed by atoms with Crippen LogP contribution in [0.2, 0.25) is 0 Å². The summed E-state index contributed by atoms with van der Waals surface area (Å²) in [6, 6.07) is 15.9. The molecule has 0 radical (unpaired) electrons. The summed E-state index contributed by atoms with van der Waals surface area (Å²) in [7, 11) is 0. The van der Waals surface area contributed by atoms with Gasteiger partial charge in [-0.15, -0.1) is 0 Å². The maximum atomic E-state index is 12.7. The highest BCUT2D eigenvalue weighted by molar-refractivity contribution is 7.17. The summed E-state index contributed by atoms with van der Waals surface area (Å²) >= 11 is 1.37. The van der Waals surface area contributed by atoms with Crippen molar-refractivity contribution in [2.75, 3.05) is 10.6 Å². The van der Waals surface area contributed by atoms with Gasteiger partial charge in [-0.05, 0) is 49.6 Å². The van der Waals surface area contributed by atoms with Crippen LogP contribution >= 0.6 is 11.3 Å². The zero-order chi connectivity index (χ0) is 17.8. The van der Waals surface area contributed by atoms with Gasteiger partial charge < -0.3 is 10.6 Å². The summed E-state index contributed by atoms with van der Waals surface area (Å²) in [6.45, 7) is 5.98. The van der Waals surface area contributed by atoms with Crippen LogP contribution in [0.15, 0.2) is 48.5 Å². The van der Waals surface area contributed by atoms with Gasteiger partial charge in [0.2, 0.25) is 0 Å². The average Bonchev–Trinajstić information content (AvgIpc) is 2.95. The van der Waals surface area contributed by atoms with E-state index in [1.54, 1.807) is 0 Å². The number of carbonyl (C=O) groups excluding carboxylic acids is 1. The minimum atomic E-state index is -0.117. The zero-order valence-corrected chi connectivity index (χ0v) is 15.4. The van der Waals surface area contributed by atoms with E-state index in [0.29, 0.717) is 4.88 Å². The van der Waals surface area contributed by atoms with Crippen LogP contribution in [0.5, 0.6) is 0 Å². The number of amides is 1. The summed E-state index contributed by atoms with van der Waals surface area (Å²) in [6.07, 6.45) is 0.873. The molecule has 2 aromatic carbocycles. The Morgan fingerprint density at radius 1 is 1.12 bits per heavy atom. The predicted octanol–water partition coefficient (Wildman–Crippen LogP) is 5.32. The zero-order valence-electron chi connectivity index (χ0n) is 14.6. The number of aryl methyl sites for hydroxylation is 3. The Hall–Kier alpha value is -2.66. The number of para-hydroxylation sites is 1. The number of thiazole rings is 1. The first kappa shape index (κ1) is 17.2. The van der Waals surface area contributed by atoms with Crippen molar-refractivity contribution in [3.8, 4) is 0 Å². The topological polar surface area (TPSA) is 54.0 Å². The lowest BCUT2D eigenvalue weighted by molar-refractivity contribution is 0.102. The van der Waals surface area contributed by atoms with E-state index in [1.807, 2.05) is 62.4 Å². The van der Waals surface area contributed by atoms with Gasteiger partial charge in [0.1, 0.15) is 4.88 Å². The van der Waals surface area contributed by atoms with Crippen molar-refractivity contribution in [3.05, 3.63) is 70.2 Å². The maximum Gasteiger partial charge on any atom is 0.267 e. The molecule has 0 fully saturated rings. The number of aromatic nitrogens is 1. The lowest BCUT2D eigenvalue weighted by Gasteiger charge is -2.08. The van der Waals surface area contributed by atoms with E-state index >= 15 is 0 Å². The second-order valence-corrected chi connectivity index (χ2v) is 6.89. The molecule has 0 aliphatic carbocycles. The second kappa shape index (κ2) is 7.49. The molecule has 3 rings (SSSR count). The fourth-order valence-electron chi connectivity index (χ4n) is 2.64. The lowest BCUT2D eigenvalue weighted by atomic mass is 10.1. The van der Waals surface area contributed by atoms with Gasteiger partial charge in [0, 0.05) is 11.4 Å². The highest BCUT2D eigenvalue weighted by Crippen LogP contribution is 2.27. The fraction of sp³-hybridized carbons (Fsp3) is 0.200. The standard InChI is InChI=1S/C20H21N3OS/c1-4-15-9-5-6-11-17(15)23-19(24)18-14(3)21-20(25-18)22-16-10-7-8-13(2)12-16/h5-12H,4H2,1-3H3,(H,21,22)(H,23,24). The molecule has 5 heteroatoms. The minimum absolute atomic E-state index is 0.117. The molecule has 0 bridgehead atoms. The van der Waals surface area contributed by atoms with Gasteiger partial charge in [-0.25, -0.2) is 4.98 Å². The third-order valence-electron chi connectivity index (χ3n) is 3.92. The van der Waals surface area contributed by atoms with Gasteiger partial charge in [-0.3, -0.25) is 4.79 Å². The molecule has 128 valence electrons. The lowest BCUT2D eigenvalue weighted by Crippen LogP contribution is -2.12. The van der Waals surface area contributed by atoms with Crippen molar-refractivity contribution in [2.24, 2.45) is 0 Å². The first-order valence-electron chi connectivity index (χ1n) is 8.27. The molecule has 1 amide bonds. The number of hydrogen-bond acceptors (Lipinski definition) is 4. The molecule has 3 aromatic rings. The van der Waals surface area contributed by atoms with Gasteiger partial charge in [-0.2, -0.15) is 0 Å². The average molecular weight is 351 g/mol. The SMILES string of the molecule is CCc1ccccc1NC(=O)c1sc(Nc2cccc(C)c2)nc1C. The molecule has 0 aliphatic rings. The number of hydrogen-bond donors (Lipinski definition) is 2. The monoisotopic (exact) mass is 351 g/mol. The van der Waals surface area contributed by atoms with Gasteiger partial charge in [0.25, 0.3) is 5.91 Å². The number of benzene rings is 2. The van der Waals surface area contributed by atoms with E-state index in [4.69, 9.17) is 0 Å². The second-order valence-electron chi connectivity index (χ2n) is 5.89. The van der Waals surface area contributed by atoms with Gasteiger partial charge in [-0.1, -0.05) is 48.6 Å². The molecule has 0 atom stereocenters. The van der Waals surface area contributed by atoms with Crippen LogP contribution in [0, 0.1) is 13.8 Å². The number of anilines is 3. The van der Waals surface area contributed by atoms with Crippen LogP contribution in [0.1, 0.15) is 33.4 Å². The predicted molar refractivity (Wildman–Crippen MR) is 105 cm³/mol. The van der Waals surface area contributed by atoms with Crippen molar-refractivity contribution >= 4 is 33.8 Å². The number of rotatable bonds is 5. The third kappa shape index (κ3) is 4.06. The summed E-state index contributed by atoms with van der Waals surface area (Å²) in [5.41, 5.74) is 4.85. The summed E-state index contributed by atoms with van der Waals surface area (Å²) in [4.78, 5) is 17.8. The third-order valence-corrected chi connectivity index (χ3v) is 4.99. The van der Waals surface area contributed by atoms with Crippen LogP contribution in [0.3, 0.4) is 0 Å². The molecule has 0 saturated carbocycles. The van der Waals surface area contributed by atoms with Gasteiger partial charge in [0.05, 0.1) is 5.69 Å². The molecule has 0 spiro atoms. The highest BCUT2D eigenvalue weighted by atomic mass is 32.1. The molecular weight excluding hydrogens is 330 g/mol. The van der Waals surface area contributed by atoms with E-state index in [2.05, 4.69) is 22.5 Å². The molecule has 1 aromatic heterocycles. The van der Waals surface area contributed by atoms with E-state index in [0.717, 1.165) is 34.2 Å². The van der Waals surface area contributed by atoms with E-state index in [-0.39, 0.29) is 5.91 Å². The Morgan fingerprint density at radius 2 is 1.92 bits per heavy atom. The summed E-state index contributed by atoms with van der Waals surface area (Å²) < 4.78 is 0. The molecule has 1 heterocycles. The summed E-state index contributed by atoms with van der Waals surface area (Å²) in [5.74, 6) is -0.117. The van der Waals surface area contributed by atoms with Crippen molar-refractivity contribution in [1.29, 1.82) is 0 Å². The Bertz CT molecular complexity index is 901. The quantitative estimate of drug-likeness (QED) is 0.654. The van der Waals surface area contributed by atoms with E-state index in [1.165, 1.54) is 16.9 Å². The normalized spacial score (nSPS) is 10.5. The Labute approximate surface area is 151 Å². The van der Waals surface area contributed by atoms with Crippen molar-refractivity contribution in [2.45, 2.75) is 27.2 Å². The molecule has 0 unspecified atom stereocenters. The first-order chi connectivity index (χ1) is 12.1. The first-order valence-corrected chi connectivity index (χ1v) is 9.09. The molecule has 25 heavy (non-hydrogen) atoms. The number of nitrogens with one attached hydrogen (secondary N) is 2. The molecule has 2 N–H and O–H groups in total. The Balaban J connectivity index is 1.78. The smallest absolute Gasteiger partial charge is 0.267 e. The fourth-order valence-corrected chi connectivity index (χ4v) is 3.52. The van der Waals surface area contributed by atoms with Gasteiger partial charge in [0.15, 0.2) is 5.13 Å². The molecule has 0 saturated heterocycles. The number of carbonyl (C=O) groups is 1. The van der Waals surface area contributed by atoms with Crippen LogP contribution < -0.4 is 10.6 Å². The van der Waals surface area contributed by atoms with E-state index < -0.39 is 0 Å². The Morgan fingerprint density at radius 3 is 2.68 bits per heavy atom. The van der Waals surface area contributed by atoms with Crippen molar-refractivity contribution in [1.82, 2.24) is 4.98 Å². The largest absolute Gasteiger partial charge is 0.332 e.